The Balaban J connectivity index is 2.03. The smallest absolute Gasteiger partial charge is 0.251 e. The van der Waals surface area contributed by atoms with Crippen molar-refractivity contribution in [2.75, 3.05) is 12.8 Å². The van der Waals surface area contributed by atoms with E-state index in [1.165, 1.54) is 12.8 Å². The van der Waals surface area contributed by atoms with Gasteiger partial charge in [-0.15, -0.1) is 0 Å². The molecule has 4 N–H and O–H groups in total. The molecule has 0 saturated heterocycles. The number of hydrogen-bond acceptors (Lipinski definition) is 4. The third-order valence-electron chi connectivity index (χ3n) is 4.05. The summed E-state index contributed by atoms with van der Waals surface area (Å²) in [6.45, 7) is 0.681. The molecular formula is C15H21N3O2S. The molecule has 0 atom stereocenters. The Kier molecular flexibility index (Phi) is 5.12. The number of carbonyl (C=O) groups is 1. The zero-order chi connectivity index (χ0) is 15.3. The quantitative estimate of drug-likeness (QED) is 0.337. The van der Waals surface area contributed by atoms with Gasteiger partial charge >= 0.3 is 0 Å². The van der Waals surface area contributed by atoms with E-state index in [0.717, 1.165) is 12.8 Å². The number of hydrogen-bond donors (Lipinski definition) is 3. The molecule has 1 aromatic rings. The van der Waals surface area contributed by atoms with Gasteiger partial charge in [-0.25, -0.2) is 0 Å². The highest BCUT2D eigenvalue weighted by Gasteiger charge is 2.33. The lowest BCUT2D eigenvalue weighted by Crippen LogP contribution is -2.38. The van der Waals surface area contributed by atoms with Crippen molar-refractivity contribution in [3.63, 3.8) is 0 Å². The standard InChI is InChI=1S/C15H21N3O2S/c1-21-15(7-2-3-8-15)10-17-14(19)12-6-4-5-11(9-12)13(16)18-20/h4-6,9,20H,2-3,7-8,10H2,1H3,(H2,16,18)(H,17,19). The number of nitrogens with one attached hydrogen (secondary N) is 1. The van der Waals surface area contributed by atoms with Crippen molar-refractivity contribution in [2.24, 2.45) is 10.9 Å². The van der Waals surface area contributed by atoms with Crippen LogP contribution >= 0.6 is 11.8 Å². The molecule has 1 aliphatic rings. The molecule has 0 aliphatic heterocycles. The van der Waals surface area contributed by atoms with Crippen LogP contribution in [-0.4, -0.2) is 34.5 Å². The number of amides is 1. The van der Waals surface area contributed by atoms with Crippen molar-refractivity contribution in [1.29, 1.82) is 0 Å². The van der Waals surface area contributed by atoms with E-state index in [1.807, 2.05) is 11.8 Å². The van der Waals surface area contributed by atoms with E-state index >= 15 is 0 Å². The van der Waals surface area contributed by atoms with Crippen LogP contribution in [0.5, 0.6) is 0 Å². The number of carbonyl (C=O) groups excluding carboxylic acids is 1. The highest BCUT2D eigenvalue weighted by Crippen LogP contribution is 2.39. The van der Waals surface area contributed by atoms with Crippen LogP contribution in [0.15, 0.2) is 29.4 Å². The summed E-state index contributed by atoms with van der Waals surface area (Å²) in [5, 5.41) is 14.7. The molecule has 0 aromatic heterocycles. The topological polar surface area (TPSA) is 87.7 Å². The predicted octanol–water partition coefficient (Wildman–Crippen LogP) is 2.19. The summed E-state index contributed by atoms with van der Waals surface area (Å²) < 4.78 is 0.179. The van der Waals surface area contributed by atoms with Gasteiger partial charge in [0.2, 0.25) is 0 Å². The minimum atomic E-state index is -0.122. The van der Waals surface area contributed by atoms with Crippen molar-refractivity contribution in [3.8, 4) is 0 Å². The van der Waals surface area contributed by atoms with Crippen molar-refractivity contribution < 1.29 is 10.0 Å². The molecule has 1 aliphatic carbocycles. The van der Waals surface area contributed by atoms with Crippen LogP contribution in [0.1, 0.15) is 41.6 Å². The van der Waals surface area contributed by atoms with Gasteiger partial charge < -0.3 is 16.3 Å². The van der Waals surface area contributed by atoms with Crippen molar-refractivity contribution >= 4 is 23.5 Å². The minimum absolute atomic E-state index is 0.000951. The molecule has 0 radical (unpaired) electrons. The maximum Gasteiger partial charge on any atom is 0.251 e. The molecule has 5 nitrogen and oxygen atoms in total. The van der Waals surface area contributed by atoms with Crippen LogP contribution in [0.4, 0.5) is 0 Å². The molecule has 1 fully saturated rings. The van der Waals surface area contributed by atoms with E-state index in [4.69, 9.17) is 10.9 Å². The zero-order valence-electron chi connectivity index (χ0n) is 12.1. The zero-order valence-corrected chi connectivity index (χ0v) is 12.9. The van der Waals surface area contributed by atoms with Gasteiger partial charge in [0.05, 0.1) is 0 Å². The summed E-state index contributed by atoms with van der Waals surface area (Å²) in [4.78, 5) is 12.3. The van der Waals surface area contributed by atoms with Crippen molar-refractivity contribution in [2.45, 2.75) is 30.4 Å². The van der Waals surface area contributed by atoms with Gasteiger partial charge in [0.15, 0.2) is 5.84 Å². The summed E-state index contributed by atoms with van der Waals surface area (Å²) >= 11 is 1.84. The van der Waals surface area contributed by atoms with Crippen LogP contribution in [0, 0.1) is 0 Å². The molecule has 21 heavy (non-hydrogen) atoms. The number of benzene rings is 1. The fourth-order valence-corrected chi connectivity index (χ4v) is 3.61. The number of oxime groups is 1. The van der Waals surface area contributed by atoms with Gasteiger partial charge in [-0.2, -0.15) is 11.8 Å². The fourth-order valence-electron chi connectivity index (χ4n) is 2.69. The number of thioether (sulfide) groups is 1. The first-order chi connectivity index (χ1) is 10.1. The van der Waals surface area contributed by atoms with Crippen molar-refractivity contribution in [3.05, 3.63) is 35.4 Å². The Morgan fingerprint density at radius 1 is 1.43 bits per heavy atom. The highest BCUT2D eigenvalue weighted by atomic mass is 32.2. The number of nitrogens with two attached hydrogens (primary N) is 1. The van der Waals surface area contributed by atoms with E-state index in [9.17, 15) is 4.79 Å². The first-order valence-electron chi connectivity index (χ1n) is 7.01. The first kappa shape index (κ1) is 15.7. The summed E-state index contributed by atoms with van der Waals surface area (Å²) in [7, 11) is 0. The lowest BCUT2D eigenvalue weighted by Gasteiger charge is -2.26. The van der Waals surface area contributed by atoms with E-state index in [-0.39, 0.29) is 16.5 Å². The molecule has 0 heterocycles. The molecule has 0 spiro atoms. The number of amidine groups is 1. The largest absolute Gasteiger partial charge is 0.409 e. The highest BCUT2D eigenvalue weighted by molar-refractivity contribution is 8.00. The Morgan fingerprint density at radius 3 is 2.71 bits per heavy atom. The van der Waals surface area contributed by atoms with Gasteiger partial charge in [-0.3, -0.25) is 4.79 Å². The van der Waals surface area contributed by atoms with E-state index in [2.05, 4.69) is 16.7 Å². The lowest BCUT2D eigenvalue weighted by atomic mass is 10.1. The number of rotatable bonds is 5. The van der Waals surface area contributed by atoms with Gasteiger partial charge in [0, 0.05) is 22.4 Å². The molecule has 1 amide bonds. The third-order valence-corrected chi connectivity index (χ3v) is 5.47. The minimum Gasteiger partial charge on any atom is -0.409 e. The van der Waals surface area contributed by atoms with Gasteiger partial charge in [-0.05, 0) is 31.2 Å². The molecule has 1 saturated carbocycles. The monoisotopic (exact) mass is 307 g/mol. The third kappa shape index (κ3) is 3.69. The number of nitrogens with zero attached hydrogens (tertiary/aromatic N) is 1. The predicted molar refractivity (Wildman–Crippen MR) is 86.0 cm³/mol. The maximum absolute atomic E-state index is 12.3. The second-order valence-corrected chi connectivity index (χ2v) is 6.62. The summed E-state index contributed by atoms with van der Waals surface area (Å²) in [6.07, 6.45) is 6.87. The van der Waals surface area contributed by atoms with E-state index in [0.29, 0.717) is 17.7 Å². The summed E-state index contributed by atoms with van der Waals surface area (Å²) in [5.74, 6) is -0.121. The maximum atomic E-state index is 12.3. The van der Waals surface area contributed by atoms with Crippen LogP contribution in [0.25, 0.3) is 0 Å². The average Bonchev–Trinajstić information content (AvgIpc) is 3.01. The fraction of sp³-hybridized carbons (Fsp3) is 0.467. The Labute approximate surface area is 129 Å². The summed E-state index contributed by atoms with van der Waals surface area (Å²) in [5.41, 5.74) is 6.60. The van der Waals surface area contributed by atoms with Crippen LogP contribution in [0.3, 0.4) is 0 Å². The normalized spacial score (nSPS) is 17.7. The molecule has 0 bridgehead atoms. The average molecular weight is 307 g/mol. The summed E-state index contributed by atoms with van der Waals surface area (Å²) in [6, 6.07) is 6.78. The second kappa shape index (κ2) is 6.85. The lowest BCUT2D eigenvalue weighted by molar-refractivity contribution is 0.0949. The molecule has 2 rings (SSSR count). The molecule has 114 valence electrons. The Morgan fingerprint density at radius 2 is 2.10 bits per heavy atom. The van der Waals surface area contributed by atoms with Crippen molar-refractivity contribution in [1.82, 2.24) is 5.32 Å². The Hall–Kier alpha value is -1.69. The molecule has 6 heteroatoms. The van der Waals surface area contributed by atoms with Crippen LogP contribution in [0.2, 0.25) is 0 Å². The van der Waals surface area contributed by atoms with Crippen LogP contribution < -0.4 is 11.1 Å². The SMILES string of the molecule is CSC1(CNC(=O)c2cccc(/C(N)=N/O)c2)CCCC1. The second-order valence-electron chi connectivity index (χ2n) is 5.34. The van der Waals surface area contributed by atoms with Gasteiger partial charge in [0.25, 0.3) is 5.91 Å². The Bertz CT molecular complexity index is 539. The van der Waals surface area contributed by atoms with Gasteiger partial charge in [-0.1, -0.05) is 30.1 Å². The van der Waals surface area contributed by atoms with E-state index in [1.54, 1.807) is 24.3 Å². The molecular weight excluding hydrogens is 286 g/mol. The van der Waals surface area contributed by atoms with Gasteiger partial charge in [0.1, 0.15) is 0 Å². The molecule has 1 aromatic carbocycles. The van der Waals surface area contributed by atoms with Crippen LogP contribution in [-0.2, 0) is 0 Å². The first-order valence-corrected chi connectivity index (χ1v) is 8.24. The molecule has 0 unspecified atom stereocenters. The van der Waals surface area contributed by atoms with E-state index < -0.39 is 0 Å².